The van der Waals surface area contributed by atoms with Crippen LogP contribution >= 0.6 is 23.4 Å². The molecular formula is C18H18ClN5O2S. The number of nitrogens with zero attached hydrogens (tertiary/aromatic N) is 3. The molecule has 0 saturated heterocycles. The highest BCUT2D eigenvalue weighted by Crippen LogP contribution is 2.32. The average Bonchev–Trinajstić information content (AvgIpc) is 3.13. The Bertz CT molecular complexity index is 948. The normalized spacial score (nSPS) is 11.9. The summed E-state index contributed by atoms with van der Waals surface area (Å²) in [7, 11) is 1.53. The molecule has 0 saturated carbocycles. The van der Waals surface area contributed by atoms with Crippen LogP contribution in [0.2, 0.25) is 5.02 Å². The molecule has 0 aliphatic heterocycles. The number of methoxy groups -OCH3 is 1. The Labute approximate surface area is 165 Å². The highest BCUT2D eigenvalue weighted by atomic mass is 35.5. The quantitative estimate of drug-likeness (QED) is 0.605. The predicted octanol–water partition coefficient (Wildman–Crippen LogP) is 3.96. The monoisotopic (exact) mass is 403 g/mol. The lowest BCUT2D eigenvalue weighted by atomic mass is 10.2. The SMILES string of the molecule is COc1cc(Cl)c(C)cc1NC(=O)[C@H](C)Sc1n[nH]c(-c2ccncc2)n1. The van der Waals surface area contributed by atoms with Crippen molar-refractivity contribution < 1.29 is 9.53 Å². The van der Waals surface area contributed by atoms with Crippen molar-refractivity contribution in [2.75, 3.05) is 12.4 Å². The lowest BCUT2D eigenvalue weighted by Gasteiger charge is -2.14. The number of rotatable bonds is 6. The second kappa shape index (κ2) is 8.41. The summed E-state index contributed by atoms with van der Waals surface area (Å²) in [6, 6.07) is 7.13. The summed E-state index contributed by atoms with van der Waals surface area (Å²) in [6.07, 6.45) is 3.37. The molecule has 9 heteroatoms. The van der Waals surface area contributed by atoms with Crippen molar-refractivity contribution in [2.24, 2.45) is 0 Å². The van der Waals surface area contributed by atoms with Gasteiger partial charge in [0.25, 0.3) is 0 Å². The molecule has 3 aromatic rings. The number of aryl methyl sites for hydroxylation is 1. The second-order valence-electron chi connectivity index (χ2n) is 5.75. The Kier molecular flexibility index (Phi) is 5.98. The number of pyridine rings is 1. The molecule has 1 aromatic carbocycles. The molecule has 0 fully saturated rings. The van der Waals surface area contributed by atoms with E-state index in [-0.39, 0.29) is 5.91 Å². The highest BCUT2D eigenvalue weighted by Gasteiger charge is 2.19. The van der Waals surface area contributed by atoms with E-state index in [0.717, 1.165) is 11.1 Å². The van der Waals surface area contributed by atoms with E-state index >= 15 is 0 Å². The minimum absolute atomic E-state index is 0.185. The van der Waals surface area contributed by atoms with Gasteiger partial charge in [-0.15, -0.1) is 5.10 Å². The van der Waals surface area contributed by atoms with Crippen molar-refractivity contribution in [3.8, 4) is 17.1 Å². The van der Waals surface area contributed by atoms with Crippen molar-refractivity contribution in [1.82, 2.24) is 20.2 Å². The summed E-state index contributed by atoms with van der Waals surface area (Å²) in [5.41, 5.74) is 2.30. The minimum Gasteiger partial charge on any atom is -0.495 e. The van der Waals surface area contributed by atoms with Crippen LogP contribution in [0.4, 0.5) is 5.69 Å². The number of nitrogens with one attached hydrogen (secondary N) is 2. The second-order valence-corrected chi connectivity index (χ2v) is 7.47. The highest BCUT2D eigenvalue weighted by molar-refractivity contribution is 8.00. The number of carbonyl (C=O) groups is 1. The molecule has 3 rings (SSSR count). The first kappa shape index (κ1) is 19.2. The molecule has 2 N–H and O–H groups in total. The van der Waals surface area contributed by atoms with E-state index in [4.69, 9.17) is 16.3 Å². The molecule has 0 spiro atoms. The van der Waals surface area contributed by atoms with Crippen LogP contribution in [0.1, 0.15) is 12.5 Å². The smallest absolute Gasteiger partial charge is 0.237 e. The van der Waals surface area contributed by atoms with Gasteiger partial charge in [-0.05, 0) is 37.6 Å². The van der Waals surface area contributed by atoms with E-state index in [9.17, 15) is 4.79 Å². The number of anilines is 1. The number of benzene rings is 1. The number of aromatic amines is 1. The average molecular weight is 404 g/mol. The number of thioether (sulfide) groups is 1. The molecule has 2 heterocycles. The zero-order chi connectivity index (χ0) is 19.4. The van der Waals surface area contributed by atoms with Gasteiger partial charge in [-0.25, -0.2) is 4.98 Å². The first-order chi connectivity index (χ1) is 13.0. The van der Waals surface area contributed by atoms with Crippen LogP contribution in [0.5, 0.6) is 5.75 Å². The van der Waals surface area contributed by atoms with Crippen LogP contribution in [0.25, 0.3) is 11.4 Å². The zero-order valence-corrected chi connectivity index (χ0v) is 16.6. The molecule has 140 valence electrons. The molecule has 1 atom stereocenters. The molecule has 7 nitrogen and oxygen atoms in total. The first-order valence-corrected chi connectivity index (χ1v) is 9.38. The van der Waals surface area contributed by atoms with Gasteiger partial charge in [0.15, 0.2) is 5.82 Å². The molecule has 1 amide bonds. The van der Waals surface area contributed by atoms with Crippen LogP contribution in [-0.2, 0) is 4.79 Å². The van der Waals surface area contributed by atoms with E-state index in [2.05, 4.69) is 25.5 Å². The molecule has 27 heavy (non-hydrogen) atoms. The van der Waals surface area contributed by atoms with Crippen molar-refractivity contribution in [3.63, 3.8) is 0 Å². The van der Waals surface area contributed by atoms with Gasteiger partial charge in [-0.1, -0.05) is 23.4 Å². The summed E-state index contributed by atoms with van der Waals surface area (Å²) in [4.78, 5) is 21.0. The van der Waals surface area contributed by atoms with Crippen molar-refractivity contribution >= 4 is 35.0 Å². The van der Waals surface area contributed by atoms with E-state index in [1.807, 2.05) is 19.1 Å². The Morgan fingerprint density at radius 2 is 2.07 bits per heavy atom. The standard InChI is InChI=1S/C18H18ClN5O2S/c1-10-8-14(15(26-3)9-13(10)19)21-17(25)11(2)27-18-22-16(23-24-18)12-4-6-20-7-5-12/h4-9,11H,1-3H3,(H,21,25)(H,22,23,24)/t11-/m0/s1. The number of aromatic nitrogens is 4. The van der Waals surface area contributed by atoms with Gasteiger partial charge in [0.1, 0.15) is 5.75 Å². The molecule has 0 aliphatic carbocycles. The molecule has 0 unspecified atom stereocenters. The molecule has 0 radical (unpaired) electrons. The lowest BCUT2D eigenvalue weighted by molar-refractivity contribution is -0.115. The van der Waals surface area contributed by atoms with Crippen LogP contribution < -0.4 is 10.1 Å². The number of halogens is 1. The third-order valence-electron chi connectivity index (χ3n) is 3.81. The van der Waals surface area contributed by atoms with Crippen LogP contribution in [0.3, 0.4) is 0 Å². The topological polar surface area (TPSA) is 92.8 Å². The fraction of sp³-hybridized carbons (Fsp3) is 0.222. The summed E-state index contributed by atoms with van der Waals surface area (Å²) >= 11 is 7.36. The Morgan fingerprint density at radius 3 is 2.78 bits per heavy atom. The van der Waals surface area contributed by atoms with Gasteiger partial charge < -0.3 is 10.1 Å². The van der Waals surface area contributed by atoms with Gasteiger partial charge in [0, 0.05) is 29.0 Å². The fourth-order valence-corrected chi connectivity index (χ4v) is 3.19. The van der Waals surface area contributed by atoms with Crippen LogP contribution in [0.15, 0.2) is 41.8 Å². The third kappa shape index (κ3) is 4.58. The molecular weight excluding hydrogens is 386 g/mol. The maximum Gasteiger partial charge on any atom is 0.237 e. The lowest BCUT2D eigenvalue weighted by Crippen LogP contribution is -2.23. The molecule has 0 bridgehead atoms. The number of hydrogen-bond donors (Lipinski definition) is 2. The van der Waals surface area contributed by atoms with Gasteiger partial charge in [0.05, 0.1) is 18.0 Å². The van der Waals surface area contributed by atoms with E-state index in [0.29, 0.717) is 27.4 Å². The van der Waals surface area contributed by atoms with Crippen LogP contribution in [0, 0.1) is 6.92 Å². The Morgan fingerprint density at radius 1 is 1.33 bits per heavy atom. The van der Waals surface area contributed by atoms with Gasteiger partial charge in [-0.2, -0.15) is 0 Å². The summed E-state index contributed by atoms with van der Waals surface area (Å²) in [5.74, 6) is 0.951. The third-order valence-corrected chi connectivity index (χ3v) is 5.18. The maximum absolute atomic E-state index is 12.6. The molecule has 0 aliphatic rings. The van der Waals surface area contributed by atoms with Gasteiger partial charge in [0.2, 0.25) is 11.1 Å². The number of carbonyl (C=O) groups excluding carboxylic acids is 1. The van der Waals surface area contributed by atoms with Crippen molar-refractivity contribution in [2.45, 2.75) is 24.3 Å². The minimum atomic E-state index is -0.410. The Balaban J connectivity index is 1.68. The van der Waals surface area contributed by atoms with Crippen LogP contribution in [-0.4, -0.2) is 38.4 Å². The van der Waals surface area contributed by atoms with E-state index in [1.165, 1.54) is 18.9 Å². The summed E-state index contributed by atoms with van der Waals surface area (Å²) in [6.45, 7) is 3.65. The number of H-pyrrole nitrogens is 1. The van der Waals surface area contributed by atoms with Crippen molar-refractivity contribution in [3.05, 3.63) is 47.2 Å². The first-order valence-electron chi connectivity index (χ1n) is 8.12. The zero-order valence-electron chi connectivity index (χ0n) is 15.0. The number of hydrogen-bond acceptors (Lipinski definition) is 6. The predicted molar refractivity (Wildman–Crippen MR) is 106 cm³/mol. The number of amides is 1. The van der Waals surface area contributed by atoms with Gasteiger partial charge in [-0.3, -0.25) is 14.9 Å². The maximum atomic E-state index is 12.6. The van der Waals surface area contributed by atoms with E-state index in [1.54, 1.807) is 31.5 Å². The fourth-order valence-electron chi connectivity index (χ4n) is 2.31. The van der Waals surface area contributed by atoms with E-state index < -0.39 is 5.25 Å². The van der Waals surface area contributed by atoms with Gasteiger partial charge >= 0.3 is 0 Å². The Hall–Kier alpha value is -2.58. The van der Waals surface area contributed by atoms with Crippen molar-refractivity contribution in [1.29, 1.82) is 0 Å². The summed E-state index contributed by atoms with van der Waals surface area (Å²) in [5, 5.41) is 10.6. The molecule has 2 aromatic heterocycles. The largest absolute Gasteiger partial charge is 0.495 e. The number of ether oxygens (including phenoxy) is 1. The summed E-state index contributed by atoms with van der Waals surface area (Å²) < 4.78 is 5.29.